The van der Waals surface area contributed by atoms with Gasteiger partial charge in [-0.2, -0.15) is 0 Å². The number of unbranched alkanes of at least 4 members (excludes halogenated alkanes) is 3. The van der Waals surface area contributed by atoms with Crippen molar-refractivity contribution < 1.29 is 9.59 Å². The Balaban J connectivity index is 2.16. The molecule has 3 heteroatoms. The van der Waals surface area contributed by atoms with Gasteiger partial charge in [-0.1, -0.05) is 45.7 Å². The van der Waals surface area contributed by atoms with Gasteiger partial charge in [0, 0.05) is 27.4 Å². The number of hydrogen-bond donors (Lipinski definition) is 0. The molecule has 0 saturated carbocycles. The van der Waals surface area contributed by atoms with Gasteiger partial charge in [0.2, 0.25) is 0 Å². The Kier molecular flexibility index (Phi) is 7.57. The van der Waals surface area contributed by atoms with Crippen LogP contribution >= 0.6 is 22.6 Å². The van der Waals surface area contributed by atoms with Crippen molar-refractivity contribution in [3.05, 3.63) is 33.4 Å². The number of hydrogen-bond acceptors (Lipinski definition) is 2. The summed E-state index contributed by atoms with van der Waals surface area (Å²) in [5.41, 5.74) is 0.583. The fraction of sp³-hybridized carbons (Fsp3) is 0.556. The summed E-state index contributed by atoms with van der Waals surface area (Å²) in [5.74, 6) is 0.551. The summed E-state index contributed by atoms with van der Waals surface area (Å²) in [4.78, 5) is 23.7. The minimum Gasteiger partial charge on any atom is -0.299 e. The molecule has 1 aromatic carbocycles. The lowest BCUT2D eigenvalue weighted by molar-refractivity contribution is -0.126. The molecule has 0 N–H and O–H groups in total. The highest BCUT2D eigenvalue weighted by atomic mass is 127. The van der Waals surface area contributed by atoms with Crippen LogP contribution in [0.5, 0.6) is 0 Å². The SMILES string of the molecule is CC(C)(C)C(=O)CCCCCCC(=O)c1ccc(I)cc1. The quantitative estimate of drug-likeness (QED) is 0.331. The number of halogens is 1. The van der Waals surface area contributed by atoms with Gasteiger partial charge in [0.05, 0.1) is 0 Å². The van der Waals surface area contributed by atoms with E-state index >= 15 is 0 Å². The summed E-state index contributed by atoms with van der Waals surface area (Å²) in [6.45, 7) is 5.90. The summed E-state index contributed by atoms with van der Waals surface area (Å²) in [6.07, 6.45) is 5.17. The molecule has 0 unspecified atom stereocenters. The molecule has 0 radical (unpaired) electrons. The molecule has 2 nitrogen and oxygen atoms in total. The van der Waals surface area contributed by atoms with E-state index in [1.54, 1.807) is 0 Å². The predicted octanol–water partition coefficient (Wildman–Crippen LogP) is 5.43. The van der Waals surface area contributed by atoms with E-state index in [0.717, 1.165) is 34.8 Å². The van der Waals surface area contributed by atoms with Crippen LogP contribution in [0.25, 0.3) is 0 Å². The summed E-state index contributed by atoms with van der Waals surface area (Å²) < 4.78 is 1.15. The van der Waals surface area contributed by atoms with Gasteiger partial charge in [0.15, 0.2) is 5.78 Å². The minimum absolute atomic E-state index is 0.220. The molecule has 0 spiro atoms. The van der Waals surface area contributed by atoms with Crippen LogP contribution in [0.4, 0.5) is 0 Å². The van der Waals surface area contributed by atoms with Crippen molar-refractivity contribution in [3.63, 3.8) is 0 Å². The fourth-order valence-electron chi connectivity index (χ4n) is 2.08. The second-order valence-electron chi connectivity index (χ2n) is 6.52. The summed E-state index contributed by atoms with van der Waals surface area (Å²) in [5, 5.41) is 0. The zero-order valence-electron chi connectivity index (χ0n) is 13.2. The van der Waals surface area contributed by atoms with Gasteiger partial charge >= 0.3 is 0 Å². The van der Waals surface area contributed by atoms with E-state index in [1.165, 1.54) is 0 Å². The molecule has 1 aromatic rings. The first-order valence-corrected chi connectivity index (χ1v) is 8.70. The third-order valence-corrected chi connectivity index (χ3v) is 4.28. The molecule has 0 aliphatic carbocycles. The standard InChI is InChI=1S/C18H25IO2/c1-18(2,3)17(21)9-7-5-4-6-8-16(20)14-10-12-15(19)13-11-14/h10-13H,4-9H2,1-3H3. The second-order valence-corrected chi connectivity index (χ2v) is 7.76. The fourth-order valence-corrected chi connectivity index (χ4v) is 2.44. The number of carbonyl (C=O) groups is 2. The van der Waals surface area contributed by atoms with E-state index < -0.39 is 0 Å². The molecule has 0 aliphatic rings. The van der Waals surface area contributed by atoms with E-state index in [2.05, 4.69) is 22.6 Å². The molecule has 1 rings (SSSR count). The van der Waals surface area contributed by atoms with E-state index in [0.29, 0.717) is 18.6 Å². The number of carbonyl (C=O) groups excluding carboxylic acids is 2. The first kappa shape index (κ1) is 18.3. The molecular weight excluding hydrogens is 375 g/mol. The molecule has 0 saturated heterocycles. The molecule has 21 heavy (non-hydrogen) atoms. The highest BCUT2D eigenvalue weighted by Gasteiger charge is 2.19. The summed E-state index contributed by atoms with van der Waals surface area (Å²) >= 11 is 2.24. The summed E-state index contributed by atoms with van der Waals surface area (Å²) in [7, 11) is 0. The Morgan fingerprint density at radius 1 is 0.905 bits per heavy atom. The van der Waals surface area contributed by atoms with Gasteiger partial charge in [-0.05, 0) is 47.6 Å². The lowest BCUT2D eigenvalue weighted by Crippen LogP contribution is -2.19. The van der Waals surface area contributed by atoms with Crippen molar-refractivity contribution in [2.24, 2.45) is 5.41 Å². The summed E-state index contributed by atoms with van der Waals surface area (Å²) in [6, 6.07) is 7.72. The third-order valence-electron chi connectivity index (χ3n) is 3.56. The largest absolute Gasteiger partial charge is 0.299 e. The first-order valence-electron chi connectivity index (χ1n) is 7.63. The molecule has 0 aliphatic heterocycles. The number of benzene rings is 1. The molecule has 0 fully saturated rings. The normalized spacial score (nSPS) is 11.4. The smallest absolute Gasteiger partial charge is 0.162 e. The van der Waals surface area contributed by atoms with E-state index in [4.69, 9.17) is 0 Å². The molecule has 0 atom stereocenters. The molecule has 0 heterocycles. The van der Waals surface area contributed by atoms with Crippen LogP contribution in [-0.2, 0) is 4.79 Å². The Morgan fingerprint density at radius 2 is 1.43 bits per heavy atom. The van der Waals surface area contributed by atoms with E-state index in [1.807, 2.05) is 45.0 Å². The maximum absolute atomic E-state index is 12.0. The maximum Gasteiger partial charge on any atom is 0.162 e. The van der Waals surface area contributed by atoms with E-state index in [9.17, 15) is 9.59 Å². The van der Waals surface area contributed by atoms with Crippen molar-refractivity contribution >= 4 is 34.2 Å². The van der Waals surface area contributed by atoms with Crippen LogP contribution in [-0.4, -0.2) is 11.6 Å². The van der Waals surface area contributed by atoms with E-state index in [-0.39, 0.29) is 11.2 Å². The zero-order chi connectivity index (χ0) is 15.9. The maximum atomic E-state index is 12.0. The minimum atomic E-state index is -0.221. The van der Waals surface area contributed by atoms with Crippen LogP contribution in [0, 0.1) is 8.99 Å². The lowest BCUT2D eigenvalue weighted by atomic mass is 9.88. The molecule has 0 bridgehead atoms. The topological polar surface area (TPSA) is 34.1 Å². The first-order chi connectivity index (χ1) is 9.80. The Hall–Kier alpha value is -0.710. The van der Waals surface area contributed by atoms with Gasteiger partial charge in [-0.3, -0.25) is 9.59 Å². The molecular formula is C18H25IO2. The average Bonchev–Trinajstić information content (AvgIpc) is 2.41. The number of rotatable bonds is 8. The van der Waals surface area contributed by atoms with Gasteiger partial charge in [0.25, 0.3) is 0 Å². The van der Waals surface area contributed by atoms with Crippen molar-refractivity contribution in [2.75, 3.05) is 0 Å². The van der Waals surface area contributed by atoms with Crippen LogP contribution in [0.3, 0.4) is 0 Å². The van der Waals surface area contributed by atoms with Gasteiger partial charge in [-0.15, -0.1) is 0 Å². The Morgan fingerprint density at radius 3 is 1.95 bits per heavy atom. The highest BCUT2D eigenvalue weighted by molar-refractivity contribution is 14.1. The second kappa shape index (κ2) is 8.66. The number of ketones is 2. The Labute approximate surface area is 141 Å². The average molecular weight is 400 g/mol. The monoisotopic (exact) mass is 400 g/mol. The van der Waals surface area contributed by atoms with Crippen LogP contribution in [0.1, 0.15) is 69.7 Å². The van der Waals surface area contributed by atoms with Crippen molar-refractivity contribution in [1.82, 2.24) is 0 Å². The zero-order valence-corrected chi connectivity index (χ0v) is 15.4. The molecule has 0 aromatic heterocycles. The van der Waals surface area contributed by atoms with Gasteiger partial charge in [0.1, 0.15) is 5.78 Å². The van der Waals surface area contributed by atoms with Crippen molar-refractivity contribution in [3.8, 4) is 0 Å². The lowest BCUT2D eigenvalue weighted by Gasteiger charge is -2.16. The molecule has 116 valence electrons. The van der Waals surface area contributed by atoms with Gasteiger partial charge < -0.3 is 0 Å². The van der Waals surface area contributed by atoms with Crippen molar-refractivity contribution in [1.29, 1.82) is 0 Å². The predicted molar refractivity (Wildman–Crippen MR) is 95.7 cm³/mol. The van der Waals surface area contributed by atoms with Crippen molar-refractivity contribution in [2.45, 2.75) is 59.3 Å². The highest BCUT2D eigenvalue weighted by Crippen LogP contribution is 2.19. The Bertz CT molecular complexity index is 469. The number of Topliss-reactive ketones (excluding diaryl/α,β-unsaturated/α-hetero) is 2. The third kappa shape index (κ3) is 7.21. The van der Waals surface area contributed by atoms with Crippen LogP contribution in [0.15, 0.2) is 24.3 Å². The van der Waals surface area contributed by atoms with Gasteiger partial charge in [-0.25, -0.2) is 0 Å². The van der Waals surface area contributed by atoms with Crippen LogP contribution < -0.4 is 0 Å². The van der Waals surface area contributed by atoms with Crippen LogP contribution in [0.2, 0.25) is 0 Å². The molecule has 0 amide bonds.